The zero-order valence-corrected chi connectivity index (χ0v) is 14.9. The minimum atomic E-state index is -0.719. The summed E-state index contributed by atoms with van der Waals surface area (Å²) >= 11 is 0. The molecule has 0 spiro atoms. The van der Waals surface area contributed by atoms with Gasteiger partial charge in [-0.1, -0.05) is 0 Å². The SMILES string of the molecule is O=C(N[C@@H]1CC(Cn2ccnc2)C[C@H]1O)c1ncc(OCC2CC2)cc1F. The van der Waals surface area contributed by atoms with Crippen molar-refractivity contribution in [3.8, 4) is 5.75 Å². The van der Waals surface area contributed by atoms with Crippen molar-refractivity contribution in [3.05, 3.63) is 42.5 Å². The molecule has 0 aliphatic heterocycles. The molecule has 2 aliphatic rings. The first-order chi connectivity index (χ1) is 13.1. The van der Waals surface area contributed by atoms with Gasteiger partial charge in [0, 0.05) is 25.0 Å². The van der Waals surface area contributed by atoms with Gasteiger partial charge in [0.2, 0.25) is 0 Å². The van der Waals surface area contributed by atoms with E-state index in [1.165, 1.54) is 12.3 Å². The molecular formula is C19H23FN4O3. The number of aliphatic hydroxyl groups excluding tert-OH is 1. The topological polar surface area (TPSA) is 89.3 Å². The minimum Gasteiger partial charge on any atom is -0.492 e. The van der Waals surface area contributed by atoms with E-state index in [0.717, 1.165) is 19.4 Å². The molecule has 2 saturated carbocycles. The van der Waals surface area contributed by atoms with Crippen LogP contribution in [0, 0.1) is 17.7 Å². The van der Waals surface area contributed by atoms with E-state index >= 15 is 0 Å². The van der Waals surface area contributed by atoms with Gasteiger partial charge >= 0.3 is 0 Å². The van der Waals surface area contributed by atoms with Crippen molar-refractivity contribution in [3.63, 3.8) is 0 Å². The van der Waals surface area contributed by atoms with Gasteiger partial charge in [0.1, 0.15) is 5.75 Å². The molecule has 2 heterocycles. The molecule has 1 amide bonds. The van der Waals surface area contributed by atoms with Gasteiger partial charge in [-0.2, -0.15) is 0 Å². The number of nitrogens with one attached hydrogen (secondary N) is 1. The highest BCUT2D eigenvalue weighted by Crippen LogP contribution is 2.30. The maximum Gasteiger partial charge on any atom is 0.273 e. The van der Waals surface area contributed by atoms with Gasteiger partial charge in [-0.15, -0.1) is 0 Å². The molecule has 2 aromatic rings. The maximum absolute atomic E-state index is 14.3. The summed E-state index contributed by atoms with van der Waals surface area (Å²) in [5.74, 6) is -0.236. The molecule has 2 fully saturated rings. The summed E-state index contributed by atoms with van der Waals surface area (Å²) in [5, 5.41) is 13.0. The van der Waals surface area contributed by atoms with Crippen LogP contribution < -0.4 is 10.1 Å². The molecule has 0 saturated heterocycles. The number of pyridine rings is 1. The number of nitrogens with zero attached hydrogens (tertiary/aromatic N) is 3. The fourth-order valence-electron chi connectivity index (χ4n) is 3.52. The molecule has 0 radical (unpaired) electrons. The first-order valence-electron chi connectivity index (χ1n) is 9.31. The Morgan fingerprint density at radius 1 is 1.37 bits per heavy atom. The molecule has 4 rings (SSSR count). The number of ether oxygens (including phenoxy) is 1. The van der Waals surface area contributed by atoms with E-state index in [-0.39, 0.29) is 11.6 Å². The van der Waals surface area contributed by atoms with Crippen LogP contribution in [0.2, 0.25) is 0 Å². The summed E-state index contributed by atoms with van der Waals surface area (Å²) in [6, 6.07) is 0.773. The Kier molecular flexibility index (Phi) is 5.07. The second-order valence-electron chi connectivity index (χ2n) is 7.50. The number of carbonyl (C=O) groups excluding carboxylic acids is 1. The predicted molar refractivity (Wildman–Crippen MR) is 94.6 cm³/mol. The zero-order valence-electron chi connectivity index (χ0n) is 14.9. The lowest BCUT2D eigenvalue weighted by Gasteiger charge is -2.16. The largest absolute Gasteiger partial charge is 0.492 e. The van der Waals surface area contributed by atoms with Gasteiger partial charge in [0.15, 0.2) is 11.5 Å². The summed E-state index contributed by atoms with van der Waals surface area (Å²) in [5.41, 5.74) is -0.279. The number of hydrogen-bond donors (Lipinski definition) is 2. The third kappa shape index (κ3) is 4.44. The summed E-state index contributed by atoms with van der Waals surface area (Å²) in [7, 11) is 0. The molecule has 3 atom stereocenters. The Morgan fingerprint density at radius 3 is 2.93 bits per heavy atom. The number of rotatable bonds is 7. The van der Waals surface area contributed by atoms with Gasteiger partial charge in [-0.3, -0.25) is 4.79 Å². The first-order valence-corrected chi connectivity index (χ1v) is 9.31. The van der Waals surface area contributed by atoms with Crippen LogP contribution in [-0.2, 0) is 6.54 Å². The Labute approximate surface area is 156 Å². The number of hydrogen-bond acceptors (Lipinski definition) is 5. The Hall–Kier alpha value is -2.48. The predicted octanol–water partition coefficient (Wildman–Crippen LogP) is 1.78. The molecule has 8 heteroatoms. The van der Waals surface area contributed by atoms with Crippen LogP contribution in [0.5, 0.6) is 5.75 Å². The van der Waals surface area contributed by atoms with E-state index < -0.39 is 23.9 Å². The van der Waals surface area contributed by atoms with Crippen molar-refractivity contribution in [2.24, 2.45) is 11.8 Å². The smallest absolute Gasteiger partial charge is 0.273 e. The van der Waals surface area contributed by atoms with Gasteiger partial charge < -0.3 is 19.7 Å². The van der Waals surface area contributed by atoms with Crippen LogP contribution in [0.1, 0.15) is 36.2 Å². The molecule has 1 unspecified atom stereocenters. The van der Waals surface area contributed by atoms with Crippen molar-refractivity contribution in [1.82, 2.24) is 19.9 Å². The Balaban J connectivity index is 1.33. The molecule has 144 valence electrons. The Morgan fingerprint density at radius 2 is 2.22 bits per heavy atom. The van der Waals surface area contributed by atoms with Crippen molar-refractivity contribution in [2.75, 3.05) is 6.61 Å². The third-order valence-electron chi connectivity index (χ3n) is 5.19. The molecule has 2 aliphatic carbocycles. The third-order valence-corrected chi connectivity index (χ3v) is 5.19. The van der Waals surface area contributed by atoms with Crippen LogP contribution in [0.4, 0.5) is 4.39 Å². The highest BCUT2D eigenvalue weighted by atomic mass is 19.1. The lowest BCUT2D eigenvalue weighted by Crippen LogP contribution is -2.40. The molecule has 2 N–H and O–H groups in total. The number of imidazole rings is 1. The molecule has 0 bridgehead atoms. The minimum absolute atomic E-state index is 0.218. The number of amides is 1. The van der Waals surface area contributed by atoms with Crippen LogP contribution >= 0.6 is 0 Å². The van der Waals surface area contributed by atoms with Crippen molar-refractivity contribution in [1.29, 1.82) is 0 Å². The highest BCUT2D eigenvalue weighted by Gasteiger charge is 2.34. The Bertz CT molecular complexity index is 794. The van der Waals surface area contributed by atoms with Crippen LogP contribution in [-0.4, -0.2) is 44.3 Å². The van der Waals surface area contributed by atoms with Gasteiger partial charge in [0.25, 0.3) is 5.91 Å². The first kappa shape index (κ1) is 17.9. The number of halogens is 1. The van der Waals surface area contributed by atoms with E-state index in [1.807, 2.05) is 10.8 Å². The van der Waals surface area contributed by atoms with E-state index in [1.54, 1.807) is 12.5 Å². The van der Waals surface area contributed by atoms with E-state index in [2.05, 4.69) is 15.3 Å². The summed E-state index contributed by atoms with van der Waals surface area (Å²) in [4.78, 5) is 20.3. The second kappa shape index (κ2) is 7.64. The monoisotopic (exact) mass is 374 g/mol. The second-order valence-corrected chi connectivity index (χ2v) is 7.50. The van der Waals surface area contributed by atoms with Gasteiger partial charge in [-0.05, 0) is 37.5 Å². The number of aromatic nitrogens is 3. The summed E-state index contributed by atoms with van der Waals surface area (Å²) < 4.78 is 21.7. The zero-order chi connectivity index (χ0) is 18.8. The highest BCUT2D eigenvalue weighted by molar-refractivity contribution is 5.92. The van der Waals surface area contributed by atoms with E-state index in [9.17, 15) is 14.3 Å². The normalized spacial score (nSPS) is 24.7. The maximum atomic E-state index is 14.3. The fourth-order valence-corrected chi connectivity index (χ4v) is 3.52. The lowest BCUT2D eigenvalue weighted by atomic mass is 10.1. The van der Waals surface area contributed by atoms with Gasteiger partial charge in [-0.25, -0.2) is 14.4 Å². The van der Waals surface area contributed by atoms with Crippen LogP contribution in [0.25, 0.3) is 0 Å². The standard InChI is InChI=1S/C19H23FN4O3/c20-15-7-14(27-10-12-1-2-12)8-22-18(15)19(26)23-16-5-13(6-17(16)25)9-24-4-3-21-11-24/h3-4,7-8,11-13,16-17,25H,1-2,5-6,9-10H2,(H,23,26)/t13?,16-,17-/m1/s1. The summed E-state index contributed by atoms with van der Waals surface area (Å²) in [6.07, 6.45) is 9.48. The van der Waals surface area contributed by atoms with E-state index in [0.29, 0.717) is 31.1 Å². The summed E-state index contributed by atoms with van der Waals surface area (Å²) in [6.45, 7) is 1.28. The molecule has 0 aromatic carbocycles. The van der Waals surface area contributed by atoms with Crippen molar-refractivity contribution < 1.29 is 19.0 Å². The average Bonchev–Trinajstić information content (AvgIpc) is 3.22. The number of carbonyl (C=O) groups is 1. The van der Waals surface area contributed by atoms with Crippen molar-refractivity contribution >= 4 is 5.91 Å². The molecule has 2 aromatic heterocycles. The van der Waals surface area contributed by atoms with Gasteiger partial charge in [0.05, 0.1) is 31.3 Å². The fraction of sp³-hybridized carbons (Fsp3) is 0.526. The van der Waals surface area contributed by atoms with E-state index in [4.69, 9.17) is 4.74 Å². The average molecular weight is 374 g/mol. The van der Waals surface area contributed by atoms with Crippen LogP contribution in [0.3, 0.4) is 0 Å². The molecule has 7 nitrogen and oxygen atoms in total. The number of aliphatic hydroxyl groups is 1. The molecular weight excluding hydrogens is 351 g/mol. The lowest BCUT2D eigenvalue weighted by molar-refractivity contribution is 0.0863. The van der Waals surface area contributed by atoms with Crippen LogP contribution in [0.15, 0.2) is 31.0 Å². The molecule has 27 heavy (non-hydrogen) atoms. The van der Waals surface area contributed by atoms with Crippen molar-refractivity contribution in [2.45, 2.75) is 44.4 Å². The quantitative estimate of drug-likeness (QED) is 0.771.